The molecule has 2 aromatic carbocycles. The minimum absolute atomic E-state index is 0.0250. The number of benzene rings is 2. The zero-order chi connectivity index (χ0) is 24.8. The average molecular weight is 467 g/mol. The predicted octanol–water partition coefficient (Wildman–Crippen LogP) is 4.41. The van der Waals surface area contributed by atoms with Gasteiger partial charge in [0.05, 0.1) is 12.3 Å². The van der Waals surface area contributed by atoms with E-state index in [1.807, 2.05) is 52.0 Å². The van der Waals surface area contributed by atoms with Crippen LogP contribution in [0.3, 0.4) is 0 Å². The van der Waals surface area contributed by atoms with Crippen LogP contribution in [0.25, 0.3) is 11.1 Å². The maximum absolute atomic E-state index is 12.8. The fourth-order valence-corrected chi connectivity index (χ4v) is 4.41. The summed E-state index contributed by atoms with van der Waals surface area (Å²) in [6, 6.07) is 15.8. The maximum atomic E-state index is 12.8. The van der Waals surface area contributed by atoms with Gasteiger partial charge in [-0.2, -0.15) is 0 Å². The Morgan fingerprint density at radius 2 is 1.47 bits per heavy atom. The van der Waals surface area contributed by atoms with Gasteiger partial charge < -0.3 is 20.5 Å². The summed E-state index contributed by atoms with van der Waals surface area (Å²) in [5.74, 6) is -1.85. The van der Waals surface area contributed by atoms with E-state index in [9.17, 15) is 14.4 Å². The number of carbonyl (C=O) groups is 3. The molecular formula is C27H34N2O5. The van der Waals surface area contributed by atoms with Crippen molar-refractivity contribution in [2.24, 2.45) is 17.8 Å². The van der Waals surface area contributed by atoms with Crippen molar-refractivity contribution in [3.8, 4) is 11.1 Å². The molecule has 1 aliphatic rings. The van der Waals surface area contributed by atoms with Crippen LogP contribution in [-0.4, -0.2) is 42.3 Å². The number of nitrogens with one attached hydrogen (secondary N) is 2. The van der Waals surface area contributed by atoms with Gasteiger partial charge in [-0.1, -0.05) is 76.2 Å². The molecular weight excluding hydrogens is 432 g/mol. The quantitative estimate of drug-likeness (QED) is 0.481. The highest BCUT2D eigenvalue weighted by molar-refractivity contribution is 5.81. The summed E-state index contributed by atoms with van der Waals surface area (Å²) < 4.78 is 5.56. The first-order valence-corrected chi connectivity index (χ1v) is 11.8. The Morgan fingerprint density at radius 1 is 0.912 bits per heavy atom. The summed E-state index contributed by atoms with van der Waals surface area (Å²) in [6.07, 6.45) is -0.722. The highest BCUT2D eigenvalue weighted by Crippen LogP contribution is 2.44. The highest BCUT2D eigenvalue weighted by Gasteiger charge is 2.30. The number of carbonyl (C=O) groups excluding carboxylic acids is 2. The minimum atomic E-state index is -0.961. The number of rotatable bonds is 10. The Bertz CT molecular complexity index is 988. The topological polar surface area (TPSA) is 105 Å². The van der Waals surface area contributed by atoms with Gasteiger partial charge in [0.15, 0.2) is 0 Å². The van der Waals surface area contributed by atoms with Crippen LogP contribution in [0.15, 0.2) is 48.5 Å². The molecule has 1 aliphatic carbocycles. The van der Waals surface area contributed by atoms with Crippen molar-refractivity contribution in [3.63, 3.8) is 0 Å². The molecule has 3 rings (SSSR count). The van der Waals surface area contributed by atoms with E-state index in [4.69, 9.17) is 9.84 Å². The van der Waals surface area contributed by atoms with E-state index in [2.05, 4.69) is 34.9 Å². The Labute approximate surface area is 200 Å². The average Bonchev–Trinajstić information content (AvgIpc) is 3.10. The normalized spacial score (nSPS) is 14.3. The Morgan fingerprint density at radius 3 is 1.97 bits per heavy atom. The lowest BCUT2D eigenvalue weighted by atomic mass is 9.93. The molecule has 0 saturated heterocycles. The first-order chi connectivity index (χ1) is 16.2. The summed E-state index contributed by atoms with van der Waals surface area (Å²) in [5, 5.41) is 14.7. The first kappa shape index (κ1) is 25.3. The number of ether oxygens (including phenoxy) is 1. The van der Waals surface area contributed by atoms with Crippen LogP contribution in [-0.2, 0) is 14.3 Å². The monoisotopic (exact) mass is 466 g/mol. The van der Waals surface area contributed by atoms with Crippen molar-refractivity contribution >= 4 is 18.0 Å². The number of hydrogen-bond acceptors (Lipinski definition) is 4. The van der Waals surface area contributed by atoms with Gasteiger partial charge in [-0.3, -0.25) is 9.59 Å². The van der Waals surface area contributed by atoms with Crippen molar-refractivity contribution in [3.05, 3.63) is 59.7 Å². The number of carboxylic acids is 1. The molecule has 2 amide bonds. The third kappa shape index (κ3) is 5.95. The number of amides is 2. The third-order valence-electron chi connectivity index (χ3n) is 6.48. The third-order valence-corrected chi connectivity index (χ3v) is 6.48. The highest BCUT2D eigenvalue weighted by atomic mass is 16.5. The number of hydrogen-bond donors (Lipinski definition) is 3. The molecule has 0 spiro atoms. The Kier molecular flexibility index (Phi) is 8.31. The van der Waals surface area contributed by atoms with Gasteiger partial charge in [-0.05, 0) is 34.1 Å². The van der Waals surface area contributed by atoms with Crippen LogP contribution in [0, 0.1) is 17.8 Å². The van der Waals surface area contributed by atoms with Crippen LogP contribution in [0.5, 0.6) is 0 Å². The van der Waals surface area contributed by atoms with Crippen molar-refractivity contribution in [2.45, 2.75) is 46.1 Å². The maximum Gasteiger partial charge on any atom is 0.407 e. The van der Waals surface area contributed by atoms with Crippen LogP contribution >= 0.6 is 0 Å². The molecule has 7 nitrogen and oxygen atoms in total. The summed E-state index contributed by atoms with van der Waals surface area (Å²) in [6.45, 7) is 7.83. The zero-order valence-corrected chi connectivity index (χ0v) is 20.2. The van der Waals surface area contributed by atoms with Gasteiger partial charge in [0, 0.05) is 18.5 Å². The Balaban J connectivity index is 1.58. The van der Waals surface area contributed by atoms with Gasteiger partial charge >= 0.3 is 12.1 Å². The number of aliphatic carboxylic acids is 1. The van der Waals surface area contributed by atoms with Crippen molar-refractivity contribution in [1.82, 2.24) is 10.6 Å². The van der Waals surface area contributed by atoms with Gasteiger partial charge in [0.2, 0.25) is 5.91 Å². The second-order valence-corrected chi connectivity index (χ2v) is 9.51. The lowest BCUT2D eigenvalue weighted by Crippen LogP contribution is -2.47. The van der Waals surface area contributed by atoms with Crippen LogP contribution < -0.4 is 10.6 Å². The summed E-state index contributed by atoms with van der Waals surface area (Å²) >= 11 is 0. The Hall–Kier alpha value is -3.35. The van der Waals surface area contributed by atoms with Crippen molar-refractivity contribution in [2.75, 3.05) is 13.2 Å². The SMILES string of the molecule is CC(C)C(CNC(=O)OCC1c2ccccc2-c2ccccc21)C(=O)N[C@@H](CC(=O)O)C(C)C. The zero-order valence-electron chi connectivity index (χ0n) is 20.2. The number of alkyl carbamates (subject to hydrolysis) is 1. The lowest BCUT2D eigenvalue weighted by Gasteiger charge is -2.26. The van der Waals surface area contributed by atoms with E-state index in [1.54, 1.807) is 0 Å². The predicted molar refractivity (Wildman–Crippen MR) is 130 cm³/mol. The molecule has 0 bridgehead atoms. The van der Waals surface area contributed by atoms with Gasteiger partial charge in [0.25, 0.3) is 0 Å². The van der Waals surface area contributed by atoms with Crippen LogP contribution in [0.1, 0.15) is 51.2 Å². The van der Waals surface area contributed by atoms with Crippen molar-refractivity contribution in [1.29, 1.82) is 0 Å². The van der Waals surface area contributed by atoms with Crippen molar-refractivity contribution < 1.29 is 24.2 Å². The van der Waals surface area contributed by atoms with Gasteiger partial charge in [-0.25, -0.2) is 4.79 Å². The second-order valence-electron chi connectivity index (χ2n) is 9.51. The molecule has 2 aromatic rings. The molecule has 0 aliphatic heterocycles. The molecule has 182 valence electrons. The van der Waals surface area contributed by atoms with E-state index in [-0.39, 0.29) is 43.2 Å². The van der Waals surface area contributed by atoms with Crippen LogP contribution in [0.2, 0.25) is 0 Å². The van der Waals surface area contributed by atoms with E-state index in [1.165, 1.54) is 0 Å². The second kappa shape index (κ2) is 11.2. The van der Waals surface area contributed by atoms with Crippen LogP contribution in [0.4, 0.5) is 4.79 Å². The number of fused-ring (bicyclic) bond motifs is 3. The fourth-order valence-electron chi connectivity index (χ4n) is 4.41. The molecule has 1 unspecified atom stereocenters. The standard InChI is InChI=1S/C27H34N2O5/c1-16(2)22(26(32)29-24(17(3)4)13-25(30)31)14-28-27(33)34-15-23-20-11-7-5-9-18(20)19-10-6-8-12-21(19)23/h5-12,16-17,22-24H,13-15H2,1-4H3,(H,28,33)(H,29,32)(H,30,31)/t22?,24-/m0/s1. The first-order valence-electron chi connectivity index (χ1n) is 11.8. The largest absolute Gasteiger partial charge is 0.481 e. The van der Waals surface area contributed by atoms with Gasteiger partial charge in [-0.15, -0.1) is 0 Å². The molecule has 3 N–H and O–H groups in total. The molecule has 0 fully saturated rings. The smallest absolute Gasteiger partial charge is 0.407 e. The van der Waals surface area contributed by atoms with Gasteiger partial charge in [0.1, 0.15) is 6.61 Å². The minimum Gasteiger partial charge on any atom is -0.481 e. The van der Waals surface area contributed by atoms with E-state index in [0.717, 1.165) is 22.3 Å². The summed E-state index contributed by atoms with van der Waals surface area (Å²) in [5.41, 5.74) is 4.58. The lowest BCUT2D eigenvalue weighted by molar-refractivity contribution is -0.138. The fraction of sp³-hybridized carbons (Fsp3) is 0.444. The molecule has 0 radical (unpaired) electrons. The molecule has 2 atom stereocenters. The summed E-state index contributed by atoms with van der Waals surface area (Å²) in [4.78, 5) is 36.5. The molecule has 34 heavy (non-hydrogen) atoms. The van der Waals surface area contributed by atoms with E-state index >= 15 is 0 Å². The molecule has 0 saturated carbocycles. The molecule has 0 aromatic heterocycles. The van der Waals surface area contributed by atoms with E-state index < -0.39 is 24.0 Å². The summed E-state index contributed by atoms with van der Waals surface area (Å²) in [7, 11) is 0. The van der Waals surface area contributed by atoms with E-state index in [0.29, 0.717) is 0 Å². The molecule has 0 heterocycles. The molecule has 7 heteroatoms. The number of carboxylic acid groups (broad SMARTS) is 1.